The molecule has 2 heterocycles. The third kappa shape index (κ3) is 2.73. The number of halogens is 1. The van der Waals surface area contributed by atoms with Crippen molar-refractivity contribution >= 4 is 39.0 Å². The molecule has 0 saturated carbocycles. The molecule has 3 rings (SSSR count). The Morgan fingerprint density at radius 2 is 2.29 bits per heavy atom. The van der Waals surface area contributed by atoms with Gasteiger partial charge in [-0.3, -0.25) is 9.48 Å². The lowest BCUT2D eigenvalue weighted by atomic mass is 10.2. The number of benzene rings is 1. The Bertz CT molecular complexity index is 833. The average Bonchev–Trinajstić information content (AvgIpc) is 3.02. The fraction of sp³-hybridized carbons (Fsp3) is 0.0714. The van der Waals surface area contributed by atoms with Crippen LogP contribution in [0.25, 0.3) is 10.9 Å². The van der Waals surface area contributed by atoms with Gasteiger partial charge in [0.25, 0.3) is 5.91 Å². The van der Waals surface area contributed by atoms with Gasteiger partial charge in [0.1, 0.15) is 0 Å². The molecule has 2 N–H and O–H groups in total. The molecular formula is C14H12BrN5O. The molecule has 7 heteroatoms. The van der Waals surface area contributed by atoms with E-state index in [0.29, 0.717) is 10.2 Å². The van der Waals surface area contributed by atoms with Crippen LogP contribution < -0.4 is 5.43 Å². The molecule has 0 aliphatic carbocycles. The van der Waals surface area contributed by atoms with Crippen molar-refractivity contribution in [2.75, 3.05) is 0 Å². The van der Waals surface area contributed by atoms with E-state index in [9.17, 15) is 4.79 Å². The minimum Gasteiger partial charge on any atom is -0.361 e. The second-order valence-electron chi connectivity index (χ2n) is 4.49. The van der Waals surface area contributed by atoms with Crippen molar-refractivity contribution in [3.05, 3.63) is 52.4 Å². The number of nitrogens with zero attached hydrogens (tertiary/aromatic N) is 3. The number of carbonyl (C=O) groups is 1. The summed E-state index contributed by atoms with van der Waals surface area (Å²) >= 11 is 3.28. The molecule has 0 fully saturated rings. The molecule has 1 aromatic carbocycles. The minimum absolute atomic E-state index is 0.300. The molecule has 0 atom stereocenters. The lowest BCUT2D eigenvalue weighted by molar-refractivity contribution is 0.0948. The molecule has 2 aromatic heterocycles. The van der Waals surface area contributed by atoms with Gasteiger partial charge in [-0.25, -0.2) is 5.43 Å². The number of hydrogen-bond donors (Lipinski definition) is 2. The molecule has 0 unspecified atom stereocenters. The zero-order valence-corrected chi connectivity index (χ0v) is 12.8. The van der Waals surface area contributed by atoms with Gasteiger partial charge in [-0.15, -0.1) is 0 Å². The molecule has 106 valence electrons. The summed E-state index contributed by atoms with van der Waals surface area (Å²) in [6, 6.07) is 7.89. The topological polar surface area (TPSA) is 75.1 Å². The normalized spacial score (nSPS) is 11.3. The number of para-hydroxylation sites is 1. The summed E-state index contributed by atoms with van der Waals surface area (Å²) in [4.78, 5) is 15.1. The van der Waals surface area contributed by atoms with Gasteiger partial charge in [0.15, 0.2) is 5.69 Å². The van der Waals surface area contributed by atoms with E-state index in [-0.39, 0.29) is 5.91 Å². The maximum absolute atomic E-state index is 11.9. The molecule has 0 bridgehead atoms. The number of aromatic nitrogens is 3. The van der Waals surface area contributed by atoms with Crippen LogP contribution in [-0.2, 0) is 7.05 Å². The molecule has 0 aliphatic rings. The monoisotopic (exact) mass is 345 g/mol. The van der Waals surface area contributed by atoms with Crippen LogP contribution in [-0.4, -0.2) is 26.9 Å². The highest BCUT2D eigenvalue weighted by Crippen LogP contribution is 2.16. The predicted octanol–water partition coefficient (Wildman–Crippen LogP) is 2.43. The van der Waals surface area contributed by atoms with Gasteiger partial charge >= 0.3 is 0 Å². The second-order valence-corrected chi connectivity index (χ2v) is 5.34. The van der Waals surface area contributed by atoms with E-state index in [1.807, 2.05) is 30.5 Å². The quantitative estimate of drug-likeness (QED) is 0.565. The lowest BCUT2D eigenvalue weighted by Gasteiger charge is -1.96. The van der Waals surface area contributed by atoms with Gasteiger partial charge in [0, 0.05) is 35.9 Å². The standard InChI is InChI=1S/C14H12BrN5O/c1-20-8-11(15)13(19-20)14(21)18-17-7-9-6-16-12-5-3-2-4-10(9)12/h2-8,16H,1H3,(H,18,21)/b17-7-. The van der Waals surface area contributed by atoms with Crippen LogP contribution in [0.15, 0.2) is 46.2 Å². The van der Waals surface area contributed by atoms with Gasteiger partial charge in [0.2, 0.25) is 0 Å². The first kappa shape index (κ1) is 13.6. The summed E-state index contributed by atoms with van der Waals surface area (Å²) < 4.78 is 2.19. The largest absolute Gasteiger partial charge is 0.361 e. The van der Waals surface area contributed by atoms with Crippen molar-refractivity contribution in [2.45, 2.75) is 0 Å². The third-order valence-corrected chi connectivity index (χ3v) is 3.57. The zero-order valence-electron chi connectivity index (χ0n) is 11.2. The van der Waals surface area contributed by atoms with Crippen molar-refractivity contribution in [1.29, 1.82) is 0 Å². The van der Waals surface area contributed by atoms with E-state index in [0.717, 1.165) is 16.5 Å². The van der Waals surface area contributed by atoms with Crippen LogP contribution in [0.2, 0.25) is 0 Å². The molecule has 21 heavy (non-hydrogen) atoms. The number of carbonyl (C=O) groups excluding carboxylic acids is 1. The van der Waals surface area contributed by atoms with Crippen LogP contribution in [0.1, 0.15) is 16.1 Å². The fourth-order valence-corrected chi connectivity index (χ4v) is 2.58. The smallest absolute Gasteiger partial charge is 0.293 e. The van der Waals surface area contributed by atoms with Crippen LogP contribution in [0.4, 0.5) is 0 Å². The Balaban J connectivity index is 1.75. The number of fused-ring (bicyclic) bond motifs is 1. The molecule has 1 amide bonds. The summed E-state index contributed by atoms with van der Waals surface area (Å²) in [6.45, 7) is 0. The van der Waals surface area contributed by atoms with Gasteiger partial charge in [0.05, 0.1) is 10.7 Å². The summed E-state index contributed by atoms with van der Waals surface area (Å²) in [7, 11) is 1.75. The number of amides is 1. The van der Waals surface area contributed by atoms with Crippen LogP contribution >= 0.6 is 15.9 Å². The van der Waals surface area contributed by atoms with E-state index < -0.39 is 0 Å². The van der Waals surface area contributed by atoms with E-state index in [1.165, 1.54) is 0 Å². The van der Waals surface area contributed by atoms with Crippen molar-refractivity contribution in [2.24, 2.45) is 12.1 Å². The Labute approximate surface area is 129 Å². The Kier molecular flexibility index (Phi) is 3.57. The van der Waals surface area contributed by atoms with Gasteiger partial charge in [-0.2, -0.15) is 10.2 Å². The number of nitrogens with one attached hydrogen (secondary N) is 2. The van der Waals surface area contributed by atoms with E-state index >= 15 is 0 Å². The number of aryl methyl sites for hydroxylation is 1. The van der Waals surface area contributed by atoms with Gasteiger partial charge in [-0.05, 0) is 22.0 Å². The first-order chi connectivity index (χ1) is 10.1. The van der Waals surface area contributed by atoms with Crippen molar-refractivity contribution in [1.82, 2.24) is 20.2 Å². The minimum atomic E-state index is -0.362. The first-order valence-corrected chi connectivity index (χ1v) is 7.03. The Hall–Kier alpha value is -2.41. The molecule has 0 radical (unpaired) electrons. The summed E-state index contributed by atoms with van der Waals surface area (Å²) in [6.07, 6.45) is 5.16. The predicted molar refractivity (Wildman–Crippen MR) is 84.3 cm³/mol. The molecule has 3 aromatic rings. The number of hydrogen-bond acceptors (Lipinski definition) is 3. The highest BCUT2D eigenvalue weighted by atomic mass is 79.9. The molecule has 0 saturated heterocycles. The molecule has 6 nitrogen and oxygen atoms in total. The summed E-state index contributed by atoms with van der Waals surface area (Å²) in [5.74, 6) is -0.362. The fourth-order valence-electron chi connectivity index (χ4n) is 2.03. The van der Waals surface area contributed by atoms with Crippen LogP contribution in [0.3, 0.4) is 0 Å². The van der Waals surface area contributed by atoms with E-state index in [4.69, 9.17) is 0 Å². The van der Waals surface area contributed by atoms with E-state index in [2.05, 4.69) is 36.5 Å². The van der Waals surface area contributed by atoms with Crippen molar-refractivity contribution in [3.63, 3.8) is 0 Å². The average molecular weight is 346 g/mol. The highest BCUT2D eigenvalue weighted by Gasteiger charge is 2.13. The van der Waals surface area contributed by atoms with Crippen molar-refractivity contribution < 1.29 is 4.79 Å². The van der Waals surface area contributed by atoms with Crippen molar-refractivity contribution in [3.8, 4) is 0 Å². The lowest BCUT2D eigenvalue weighted by Crippen LogP contribution is -2.18. The SMILES string of the molecule is Cn1cc(Br)c(C(=O)N/N=C\c2c[nH]c3ccccc23)n1. The Morgan fingerprint density at radius 3 is 3.05 bits per heavy atom. The number of rotatable bonds is 3. The Morgan fingerprint density at radius 1 is 1.48 bits per heavy atom. The molecule has 0 spiro atoms. The van der Waals surface area contributed by atoms with E-state index in [1.54, 1.807) is 24.1 Å². The molecular weight excluding hydrogens is 334 g/mol. The number of hydrazone groups is 1. The maximum Gasteiger partial charge on any atom is 0.293 e. The summed E-state index contributed by atoms with van der Waals surface area (Å²) in [5, 5.41) is 9.08. The highest BCUT2D eigenvalue weighted by molar-refractivity contribution is 9.10. The van der Waals surface area contributed by atoms with Gasteiger partial charge < -0.3 is 4.98 Å². The third-order valence-electron chi connectivity index (χ3n) is 2.99. The van der Waals surface area contributed by atoms with Gasteiger partial charge in [-0.1, -0.05) is 18.2 Å². The first-order valence-electron chi connectivity index (χ1n) is 6.24. The molecule has 0 aliphatic heterocycles. The van der Waals surface area contributed by atoms with Crippen LogP contribution in [0.5, 0.6) is 0 Å². The zero-order chi connectivity index (χ0) is 14.8. The van der Waals surface area contributed by atoms with Crippen LogP contribution in [0, 0.1) is 0 Å². The number of aromatic amines is 1. The second kappa shape index (κ2) is 5.53. The summed E-state index contributed by atoms with van der Waals surface area (Å²) in [5.41, 5.74) is 4.70. The maximum atomic E-state index is 11.9. The number of H-pyrrole nitrogens is 1.